The third-order valence-corrected chi connectivity index (χ3v) is 4.73. The molecule has 1 atom stereocenters. The van der Waals surface area contributed by atoms with Crippen molar-refractivity contribution < 1.29 is 0 Å². The lowest BCUT2D eigenvalue weighted by molar-refractivity contribution is 0.262. The van der Waals surface area contributed by atoms with Crippen LogP contribution in [0.4, 0.5) is 0 Å². The molecule has 0 spiro atoms. The summed E-state index contributed by atoms with van der Waals surface area (Å²) in [6.45, 7) is 5.27. The van der Waals surface area contributed by atoms with Crippen LogP contribution in [0, 0.1) is 0 Å². The number of nitrogens with zero attached hydrogens (tertiary/aromatic N) is 2. The van der Waals surface area contributed by atoms with Crippen LogP contribution in [0.5, 0.6) is 0 Å². The highest BCUT2D eigenvalue weighted by molar-refractivity contribution is 5.80. The van der Waals surface area contributed by atoms with Crippen LogP contribution < -0.4 is 5.73 Å². The molecule has 1 saturated carbocycles. The predicted octanol–water partition coefficient (Wildman–Crippen LogP) is 3.42. The summed E-state index contributed by atoms with van der Waals surface area (Å²) < 4.78 is 0. The zero-order chi connectivity index (χ0) is 14.1. The summed E-state index contributed by atoms with van der Waals surface area (Å²) in [5, 5.41) is 0. The van der Waals surface area contributed by atoms with Gasteiger partial charge < -0.3 is 10.6 Å². The molecule has 0 saturated heterocycles. The smallest absolute Gasteiger partial charge is 0.192 e. The molecule has 1 aromatic carbocycles. The lowest BCUT2D eigenvalue weighted by atomic mass is 9.98. The quantitative estimate of drug-likeness (QED) is 0.915. The molecule has 1 unspecified atom stereocenters. The summed E-state index contributed by atoms with van der Waals surface area (Å²) in [4.78, 5) is 6.87. The van der Waals surface area contributed by atoms with Gasteiger partial charge in [0, 0.05) is 6.04 Å². The van der Waals surface area contributed by atoms with Gasteiger partial charge in [-0.25, -0.2) is 0 Å². The Balaban J connectivity index is 1.81. The maximum absolute atomic E-state index is 6.14. The average molecular weight is 271 g/mol. The van der Waals surface area contributed by atoms with Crippen LogP contribution >= 0.6 is 0 Å². The van der Waals surface area contributed by atoms with E-state index in [1.807, 2.05) is 0 Å². The molecular formula is C17H25N3. The number of hydrogen-bond acceptors (Lipinski definition) is 3. The standard InChI is InChI=1S/C17H25N3/c1-12(2)13-7-9-14(10-8-13)16-11-19-17(18)20(16)15-5-3-4-6-15/h7-10,12,15-16H,3-6,11H2,1-2H3,(H2,18,19). The first-order valence-corrected chi connectivity index (χ1v) is 7.85. The van der Waals surface area contributed by atoms with E-state index in [0.29, 0.717) is 18.0 Å². The topological polar surface area (TPSA) is 41.6 Å². The van der Waals surface area contributed by atoms with Crippen molar-refractivity contribution >= 4 is 5.96 Å². The highest BCUT2D eigenvalue weighted by Crippen LogP contribution is 2.34. The van der Waals surface area contributed by atoms with E-state index in [1.165, 1.54) is 36.8 Å². The van der Waals surface area contributed by atoms with Crippen molar-refractivity contribution in [3.8, 4) is 0 Å². The van der Waals surface area contributed by atoms with Gasteiger partial charge >= 0.3 is 0 Å². The van der Waals surface area contributed by atoms with Gasteiger partial charge in [-0.2, -0.15) is 0 Å². The molecule has 1 aromatic rings. The van der Waals surface area contributed by atoms with Crippen molar-refractivity contribution in [3.63, 3.8) is 0 Å². The first-order valence-electron chi connectivity index (χ1n) is 7.85. The number of aliphatic imine (C=N–C) groups is 1. The third-order valence-electron chi connectivity index (χ3n) is 4.73. The van der Waals surface area contributed by atoms with Gasteiger partial charge in [-0.15, -0.1) is 0 Å². The zero-order valence-corrected chi connectivity index (χ0v) is 12.5. The van der Waals surface area contributed by atoms with Crippen LogP contribution in [0.25, 0.3) is 0 Å². The summed E-state index contributed by atoms with van der Waals surface area (Å²) in [5.41, 5.74) is 8.89. The molecule has 0 amide bonds. The van der Waals surface area contributed by atoms with Gasteiger partial charge in [0.25, 0.3) is 0 Å². The summed E-state index contributed by atoms with van der Waals surface area (Å²) in [6.07, 6.45) is 5.18. The van der Waals surface area contributed by atoms with E-state index in [9.17, 15) is 0 Å². The fourth-order valence-electron chi connectivity index (χ4n) is 3.50. The van der Waals surface area contributed by atoms with Gasteiger partial charge in [-0.3, -0.25) is 4.99 Å². The van der Waals surface area contributed by atoms with E-state index in [4.69, 9.17) is 5.73 Å². The fourth-order valence-corrected chi connectivity index (χ4v) is 3.50. The molecule has 2 N–H and O–H groups in total. The molecule has 0 bridgehead atoms. The van der Waals surface area contributed by atoms with E-state index < -0.39 is 0 Å². The van der Waals surface area contributed by atoms with Crippen molar-refractivity contribution in [1.82, 2.24) is 4.90 Å². The van der Waals surface area contributed by atoms with Crippen molar-refractivity contribution in [2.45, 2.75) is 57.5 Å². The van der Waals surface area contributed by atoms with Crippen molar-refractivity contribution in [2.75, 3.05) is 6.54 Å². The van der Waals surface area contributed by atoms with Crippen molar-refractivity contribution in [2.24, 2.45) is 10.7 Å². The molecule has 3 heteroatoms. The Morgan fingerprint density at radius 1 is 1.15 bits per heavy atom. The summed E-state index contributed by atoms with van der Waals surface area (Å²) in [7, 11) is 0. The minimum atomic E-state index is 0.347. The van der Waals surface area contributed by atoms with E-state index in [-0.39, 0.29) is 0 Å². The van der Waals surface area contributed by atoms with E-state index >= 15 is 0 Å². The number of hydrogen-bond donors (Lipinski definition) is 1. The maximum atomic E-state index is 6.14. The SMILES string of the molecule is CC(C)c1ccc(C2CN=C(N)N2C2CCCC2)cc1. The molecule has 3 nitrogen and oxygen atoms in total. The van der Waals surface area contributed by atoms with Crippen LogP contribution in [0.1, 0.15) is 62.6 Å². The van der Waals surface area contributed by atoms with Crippen LogP contribution in [0.2, 0.25) is 0 Å². The van der Waals surface area contributed by atoms with Crippen LogP contribution in [-0.2, 0) is 0 Å². The number of guanidine groups is 1. The summed E-state index contributed by atoms with van der Waals surface area (Å²) in [5.74, 6) is 1.33. The van der Waals surface area contributed by atoms with E-state index in [1.54, 1.807) is 0 Å². The summed E-state index contributed by atoms with van der Waals surface area (Å²) >= 11 is 0. The van der Waals surface area contributed by atoms with Gasteiger partial charge in [-0.05, 0) is 29.9 Å². The zero-order valence-electron chi connectivity index (χ0n) is 12.5. The molecule has 0 aromatic heterocycles. The normalized spacial score (nSPS) is 23.6. The van der Waals surface area contributed by atoms with Gasteiger partial charge in [0.2, 0.25) is 0 Å². The first-order chi connectivity index (χ1) is 9.66. The second-order valence-corrected chi connectivity index (χ2v) is 6.38. The second-order valence-electron chi connectivity index (χ2n) is 6.38. The minimum absolute atomic E-state index is 0.347. The van der Waals surface area contributed by atoms with Crippen molar-refractivity contribution in [3.05, 3.63) is 35.4 Å². The van der Waals surface area contributed by atoms with Crippen LogP contribution in [0.3, 0.4) is 0 Å². The molecule has 2 aliphatic rings. The lowest BCUT2D eigenvalue weighted by Crippen LogP contribution is -2.42. The highest BCUT2D eigenvalue weighted by Gasteiger charge is 2.34. The molecule has 1 heterocycles. The molecule has 1 aliphatic carbocycles. The molecule has 108 valence electrons. The highest BCUT2D eigenvalue weighted by atomic mass is 15.3. The predicted molar refractivity (Wildman–Crippen MR) is 83.9 cm³/mol. The Morgan fingerprint density at radius 2 is 1.80 bits per heavy atom. The Hall–Kier alpha value is -1.51. The molecule has 1 fully saturated rings. The average Bonchev–Trinajstić information content (AvgIpc) is 3.07. The number of rotatable bonds is 3. The maximum Gasteiger partial charge on any atom is 0.192 e. The Labute approximate surface area is 121 Å². The van der Waals surface area contributed by atoms with Gasteiger partial charge in [0.05, 0.1) is 12.6 Å². The minimum Gasteiger partial charge on any atom is -0.370 e. The third kappa shape index (κ3) is 2.41. The first kappa shape index (κ1) is 13.5. The number of benzene rings is 1. The second kappa shape index (κ2) is 5.47. The van der Waals surface area contributed by atoms with Gasteiger partial charge in [-0.1, -0.05) is 51.0 Å². The molecule has 1 aliphatic heterocycles. The Bertz CT molecular complexity index is 483. The lowest BCUT2D eigenvalue weighted by Gasteiger charge is -2.32. The Kier molecular flexibility index (Phi) is 3.68. The molecule has 0 radical (unpaired) electrons. The molecule has 3 rings (SSSR count). The van der Waals surface area contributed by atoms with Crippen LogP contribution in [-0.4, -0.2) is 23.4 Å². The largest absolute Gasteiger partial charge is 0.370 e. The monoisotopic (exact) mass is 271 g/mol. The van der Waals surface area contributed by atoms with Crippen molar-refractivity contribution in [1.29, 1.82) is 0 Å². The summed E-state index contributed by atoms with van der Waals surface area (Å²) in [6, 6.07) is 9.96. The fraction of sp³-hybridized carbons (Fsp3) is 0.588. The van der Waals surface area contributed by atoms with E-state index in [0.717, 1.165) is 12.5 Å². The molecular weight excluding hydrogens is 246 g/mol. The molecule has 20 heavy (non-hydrogen) atoms. The van der Waals surface area contributed by atoms with Gasteiger partial charge in [0.15, 0.2) is 5.96 Å². The van der Waals surface area contributed by atoms with Gasteiger partial charge in [0.1, 0.15) is 0 Å². The van der Waals surface area contributed by atoms with Crippen LogP contribution in [0.15, 0.2) is 29.3 Å². The Morgan fingerprint density at radius 3 is 2.40 bits per heavy atom. The van der Waals surface area contributed by atoms with E-state index in [2.05, 4.69) is 48.0 Å². The number of nitrogens with two attached hydrogens (primary N) is 1.